The van der Waals surface area contributed by atoms with Gasteiger partial charge in [-0.15, -0.1) is 0 Å². The van der Waals surface area contributed by atoms with Crippen LogP contribution in [0.4, 0.5) is 0 Å². The van der Waals surface area contributed by atoms with Crippen LogP contribution in [0.5, 0.6) is 0 Å². The van der Waals surface area contributed by atoms with Gasteiger partial charge in [-0.1, -0.05) is 60.3 Å². The molecule has 0 bridgehead atoms. The lowest BCUT2D eigenvalue weighted by molar-refractivity contribution is 0.0226. The summed E-state index contributed by atoms with van der Waals surface area (Å²) in [6.45, 7) is 11.2. The molecule has 0 saturated carbocycles. The summed E-state index contributed by atoms with van der Waals surface area (Å²) < 4.78 is 0. The molecule has 2 nitrogen and oxygen atoms in total. The smallest absolute Gasteiger partial charge is 0.0694 e. The van der Waals surface area contributed by atoms with Crippen molar-refractivity contribution in [2.45, 2.75) is 91.6 Å². The Bertz CT molecular complexity index is 207. The van der Waals surface area contributed by atoms with Crippen LogP contribution in [0.25, 0.3) is 0 Å². The maximum Gasteiger partial charge on any atom is 0.0694 e. The lowest BCUT2D eigenvalue weighted by atomic mass is 9.60. The van der Waals surface area contributed by atoms with Crippen molar-refractivity contribution in [2.75, 3.05) is 0 Å². The van der Waals surface area contributed by atoms with Crippen LogP contribution in [-0.4, -0.2) is 5.66 Å². The molecule has 4 N–H and O–H groups in total. The Hall–Kier alpha value is -0.0800. The molecule has 18 heavy (non-hydrogen) atoms. The fourth-order valence-electron chi connectivity index (χ4n) is 3.73. The second kappa shape index (κ2) is 8.16. The van der Waals surface area contributed by atoms with E-state index in [1.807, 2.05) is 0 Å². The van der Waals surface area contributed by atoms with Crippen molar-refractivity contribution in [3.05, 3.63) is 0 Å². The Morgan fingerprint density at radius 3 is 1.72 bits per heavy atom. The lowest BCUT2D eigenvalue weighted by Gasteiger charge is -2.50. The first-order chi connectivity index (χ1) is 8.45. The monoisotopic (exact) mass is 256 g/mol. The molecular weight excluding hydrogens is 220 g/mol. The molecule has 0 heterocycles. The van der Waals surface area contributed by atoms with Gasteiger partial charge in [-0.3, -0.25) is 0 Å². The molecule has 0 fully saturated rings. The van der Waals surface area contributed by atoms with Crippen LogP contribution in [-0.2, 0) is 0 Å². The quantitative estimate of drug-likeness (QED) is 0.449. The highest BCUT2D eigenvalue weighted by atomic mass is 15.0. The second-order valence-corrected chi connectivity index (χ2v) is 5.86. The highest BCUT2D eigenvalue weighted by Gasteiger charge is 2.46. The Balaban J connectivity index is 5.02. The van der Waals surface area contributed by atoms with E-state index < -0.39 is 5.66 Å². The first kappa shape index (κ1) is 17.9. The van der Waals surface area contributed by atoms with Gasteiger partial charge in [0.15, 0.2) is 0 Å². The zero-order valence-corrected chi connectivity index (χ0v) is 13.4. The average Bonchev–Trinajstić information content (AvgIpc) is 2.38. The normalized spacial score (nSPS) is 14.8. The predicted molar refractivity (Wildman–Crippen MR) is 82.3 cm³/mol. The van der Waals surface area contributed by atoms with Crippen LogP contribution in [0.2, 0.25) is 0 Å². The summed E-state index contributed by atoms with van der Waals surface area (Å²) in [6, 6.07) is 0. The SMILES string of the molecule is CCCCCC(CC)C(CC)(CC)C(N)(N)CC. The Morgan fingerprint density at radius 2 is 1.39 bits per heavy atom. The van der Waals surface area contributed by atoms with Crippen molar-refractivity contribution in [3.8, 4) is 0 Å². The molecular formula is C16H36N2. The van der Waals surface area contributed by atoms with Gasteiger partial charge in [-0.25, -0.2) is 0 Å². The van der Waals surface area contributed by atoms with Gasteiger partial charge < -0.3 is 11.5 Å². The Morgan fingerprint density at radius 1 is 0.833 bits per heavy atom. The lowest BCUT2D eigenvalue weighted by Crippen LogP contribution is -2.64. The van der Waals surface area contributed by atoms with Gasteiger partial charge in [0.1, 0.15) is 0 Å². The van der Waals surface area contributed by atoms with Gasteiger partial charge in [-0.2, -0.15) is 0 Å². The zero-order chi connectivity index (χ0) is 14.2. The topological polar surface area (TPSA) is 52.0 Å². The van der Waals surface area contributed by atoms with E-state index in [1.165, 1.54) is 32.1 Å². The summed E-state index contributed by atoms with van der Waals surface area (Å²) in [5.41, 5.74) is 12.5. The minimum atomic E-state index is -0.524. The molecule has 110 valence electrons. The van der Waals surface area contributed by atoms with Crippen molar-refractivity contribution in [1.29, 1.82) is 0 Å². The van der Waals surface area contributed by atoms with Gasteiger partial charge in [0, 0.05) is 5.41 Å². The van der Waals surface area contributed by atoms with Crippen molar-refractivity contribution in [1.82, 2.24) is 0 Å². The zero-order valence-electron chi connectivity index (χ0n) is 13.4. The van der Waals surface area contributed by atoms with E-state index in [9.17, 15) is 0 Å². The summed E-state index contributed by atoms with van der Waals surface area (Å²) >= 11 is 0. The number of unbranched alkanes of at least 4 members (excludes halogenated alkanes) is 2. The number of nitrogens with two attached hydrogens (primary N) is 2. The van der Waals surface area contributed by atoms with Crippen LogP contribution >= 0.6 is 0 Å². The molecule has 0 aromatic heterocycles. The fraction of sp³-hybridized carbons (Fsp3) is 1.00. The molecule has 0 aliphatic heterocycles. The fourth-order valence-corrected chi connectivity index (χ4v) is 3.73. The standard InChI is InChI=1S/C16H36N2/c1-6-11-12-13-14(7-2)15(8-3,9-4)16(17,18)10-5/h14H,6-13,17-18H2,1-5H3. The van der Waals surface area contributed by atoms with Crippen molar-refractivity contribution < 1.29 is 0 Å². The Labute approximate surface area is 115 Å². The van der Waals surface area contributed by atoms with E-state index in [4.69, 9.17) is 11.5 Å². The van der Waals surface area contributed by atoms with E-state index >= 15 is 0 Å². The van der Waals surface area contributed by atoms with Crippen LogP contribution < -0.4 is 11.5 Å². The molecule has 0 radical (unpaired) electrons. The van der Waals surface area contributed by atoms with Gasteiger partial charge in [0.05, 0.1) is 5.66 Å². The van der Waals surface area contributed by atoms with Crippen LogP contribution in [0.15, 0.2) is 0 Å². The molecule has 0 aliphatic carbocycles. The van der Waals surface area contributed by atoms with E-state index in [-0.39, 0.29) is 5.41 Å². The van der Waals surface area contributed by atoms with E-state index in [2.05, 4.69) is 34.6 Å². The molecule has 0 amide bonds. The third-order valence-corrected chi connectivity index (χ3v) is 5.20. The first-order valence-electron chi connectivity index (χ1n) is 8.03. The largest absolute Gasteiger partial charge is 0.313 e. The molecule has 1 unspecified atom stereocenters. The first-order valence-corrected chi connectivity index (χ1v) is 8.03. The van der Waals surface area contributed by atoms with Crippen LogP contribution in [0, 0.1) is 11.3 Å². The summed E-state index contributed by atoms with van der Waals surface area (Å²) in [6.07, 6.45) is 9.45. The molecule has 1 atom stereocenters. The van der Waals surface area contributed by atoms with Gasteiger partial charge >= 0.3 is 0 Å². The van der Waals surface area contributed by atoms with E-state index in [0.717, 1.165) is 19.3 Å². The van der Waals surface area contributed by atoms with E-state index in [1.54, 1.807) is 0 Å². The van der Waals surface area contributed by atoms with Crippen molar-refractivity contribution in [2.24, 2.45) is 22.8 Å². The average molecular weight is 256 g/mol. The Kier molecular flexibility index (Phi) is 8.13. The molecule has 0 aliphatic rings. The second-order valence-electron chi connectivity index (χ2n) is 5.86. The molecule has 0 saturated heterocycles. The predicted octanol–water partition coefficient (Wildman–Crippen LogP) is 4.42. The highest BCUT2D eigenvalue weighted by Crippen LogP contribution is 2.46. The maximum atomic E-state index is 6.47. The van der Waals surface area contributed by atoms with Gasteiger partial charge in [0.2, 0.25) is 0 Å². The molecule has 2 heteroatoms. The summed E-state index contributed by atoms with van der Waals surface area (Å²) in [4.78, 5) is 0. The van der Waals surface area contributed by atoms with Gasteiger partial charge in [-0.05, 0) is 31.6 Å². The van der Waals surface area contributed by atoms with Gasteiger partial charge in [0.25, 0.3) is 0 Å². The third-order valence-electron chi connectivity index (χ3n) is 5.20. The molecule has 0 aromatic carbocycles. The molecule has 0 rings (SSSR count). The highest BCUT2D eigenvalue weighted by molar-refractivity contribution is 5.00. The van der Waals surface area contributed by atoms with Crippen molar-refractivity contribution in [3.63, 3.8) is 0 Å². The van der Waals surface area contributed by atoms with Crippen LogP contribution in [0.3, 0.4) is 0 Å². The summed E-state index contributed by atoms with van der Waals surface area (Å²) in [7, 11) is 0. The van der Waals surface area contributed by atoms with Crippen LogP contribution in [0.1, 0.15) is 86.0 Å². The number of hydrogen-bond donors (Lipinski definition) is 2. The van der Waals surface area contributed by atoms with E-state index in [0.29, 0.717) is 5.92 Å². The summed E-state index contributed by atoms with van der Waals surface area (Å²) in [5, 5.41) is 0. The number of rotatable bonds is 10. The maximum absolute atomic E-state index is 6.47. The third kappa shape index (κ3) is 3.71. The molecule has 0 aromatic rings. The molecule has 0 spiro atoms. The minimum Gasteiger partial charge on any atom is -0.313 e. The number of hydrogen-bond acceptors (Lipinski definition) is 2. The summed E-state index contributed by atoms with van der Waals surface area (Å²) in [5.74, 6) is 0.661. The minimum absolute atomic E-state index is 0.101. The van der Waals surface area contributed by atoms with Crippen molar-refractivity contribution >= 4 is 0 Å².